The number of aliphatic hydroxyl groups excluding tert-OH is 1. The Morgan fingerprint density at radius 2 is 2.22 bits per heavy atom. The summed E-state index contributed by atoms with van der Waals surface area (Å²) in [6.07, 6.45) is -0.560. The van der Waals surface area contributed by atoms with E-state index >= 15 is 0 Å². The van der Waals surface area contributed by atoms with Gasteiger partial charge in [-0.25, -0.2) is 0 Å². The minimum absolute atomic E-state index is 0.161. The second-order valence-corrected chi connectivity index (χ2v) is 4.28. The number of rotatable bonds is 4. The first kappa shape index (κ1) is 12.9. The van der Waals surface area contributed by atoms with E-state index in [1.165, 1.54) is 0 Å². The Bertz CT molecular complexity index is 540. The second-order valence-electron chi connectivity index (χ2n) is 3.87. The van der Waals surface area contributed by atoms with Gasteiger partial charge in [-0.3, -0.25) is 0 Å². The molecule has 0 saturated heterocycles. The number of ether oxygens (including phenoxy) is 1. The van der Waals surface area contributed by atoms with E-state index in [2.05, 4.69) is 10.2 Å². The van der Waals surface area contributed by atoms with Crippen molar-refractivity contribution < 1.29 is 14.3 Å². The van der Waals surface area contributed by atoms with Crippen molar-refractivity contribution in [3.05, 3.63) is 40.6 Å². The van der Waals surface area contributed by atoms with Gasteiger partial charge in [0, 0.05) is 6.92 Å². The molecule has 1 heterocycles. The first-order valence-electron chi connectivity index (χ1n) is 5.45. The van der Waals surface area contributed by atoms with Crippen LogP contribution in [0.5, 0.6) is 5.75 Å². The van der Waals surface area contributed by atoms with Crippen LogP contribution in [0.25, 0.3) is 0 Å². The van der Waals surface area contributed by atoms with Crippen molar-refractivity contribution in [1.82, 2.24) is 10.2 Å². The van der Waals surface area contributed by atoms with Crippen LogP contribution in [0.1, 0.15) is 30.4 Å². The normalized spacial score (nSPS) is 12.4. The fourth-order valence-electron chi connectivity index (χ4n) is 1.43. The minimum atomic E-state index is -0.560. The molecule has 0 aliphatic heterocycles. The summed E-state index contributed by atoms with van der Waals surface area (Å²) in [4.78, 5) is 0. The molecular formula is C12H13ClN2O3. The molecule has 5 nitrogen and oxygen atoms in total. The van der Waals surface area contributed by atoms with Crippen molar-refractivity contribution in [3.8, 4) is 5.75 Å². The summed E-state index contributed by atoms with van der Waals surface area (Å²) >= 11 is 6.04. The summed E-state index contributed by atoms with van der Waals surface area (Å²) in [5, 5.41) is 17.4. The largest absolute Gasteiger partial charge is 0.482 e. The van der Waals surface area contributed by atoms with Gasteiger partial charge >= 0.3 is 0 Å². The number of halogens is 1. The SMILES string of the molecule is Cc1nnc(COc2ccc([C@@H](C)O)cc2Cl)o1. The molecule has 0 saturated carbocycles. The third-order valence-electron chi connectivity index (χ3n) is 2.36. The Kier molecular flexibility index (Phi) is 3.84. The van der Waals surface area contributed by atoms with Crippen molar-refractivity contribution >= 4 is 11.6 Å². The molecule has 0 spiro atoms. The highest BCUT2D eigenvalue weighted by atomic mass is 35.5. The monoisotopic (exact) mass is 268 g/mol. The lowest BCUT2D eigenvalue weighted by Gasteiger charge is -2.09. The number of aromatic nitrogens is 2. The zero-order valence-corrected chi connectivity index (χ0v) is 10.8. The van der Waals surface area contributed by atoms with E-state index in [-0.39, 0.29) is 6.61 Å². The quantitative estimate of drug-likeness (QED) is 0.923. The third-order valence-corrected chi connectivity index (χ3v) is 2.65. The molecule has 18 heavy (non-hydrogen) atoms. The highest BCUT2D eigenvalue weighted by Crippen LogP contribution is 2.28. The molecule has 0 bridgehead atoms. The van der Waals surface area contributed by atoms with Crippen LogP contribution in [-0.4, -0.2) is 15.3 Å². The zero-order chi connectivity index (χ0) is 13.1. The van der Waals surface area contributed by atoms with E-state index in [1.54, 1.807) is 32.0 Å². The summed E-state index contributed by atoms with van der Waals surface area (Å²) in [6.45, 7) is 3.54. The van der Waals surface area contributed by atoms with Crippen molar-refractivity contribution in [3.63, 3.8) is 0 Å². The lowest BCUT2D eigenvalue weighted by Crippen LogP contribution is -1.97. The Morgan fingerprint density at radius 3 is 2.78 bits per heavy atom. The smallest absolute Gasteiger partial charge is 0.253 e. The predicted molar refractivity (Wildman–Crippen MR) is 65.5 cm³/mol. The van der Waals surface area contributed by atoms with E-state index in [9.17, 15) is 5.11 Å². The average molecular weight is 269 g/mol. The molecule has 2 rings (SSSR count). The molecule has 0 radical (unpaired) electrons. The van der Waals surface area contributed by atoms with E-state index in [4.69, 9.17) is 20.8 Å². The third kappa shape index (κ3) is 3.00. The minimum Gasteiger partial charge on any atom is -0.482 e. The number of benzene rings is 1. The van der Waals surface area contributed by atoms with Crippen LogP contribution in [-0.2, 0) is 6.61 Å². The fourth-order valence-corrected chi connectivity index (χ4v) is 1.67. The number of aryl methyl sites for hydroxylation is 1. The number of aliphatic hydroxyl groups is 1. The van der Waals surface area contributed by atoms with E-state index < -0.39 is 6.10 Å². The first-order chi connectivity index (χ1) is 8.56. The molecule has 0 fully saturated rings. The van der Waals surface area contributed by atoms with Crippen molar-refractivity contribution in [1.29, 1.82) is 0 Å². The molecule has 0 unspecified atom stereocenters. The molecule has 1 aromatic carbocycles. The van der Waals surface area contributed by atoms with Gasteiger partial charge in [-0.1, -0.05) is 17.7 Å². The van der Waals surface area contributed by atoms with Crippen LogP contribution in [0, 0.1) is 6.92 Å². The molecule has 6 heteroatoms. The Hall–Kier alpha value is -1.59. The van der Waals surface area contributed by atoms with Gasteiger partial charge in [-0.2, -0.15) is 0 Å². The Labute approximate surface area is 109 Å². The van der Waals surface area contributed by atoms with Gasteiger partial charge in [0.15, 0.2) is 6.61 Å². The topological polar surface area (TPSA) is 68.4 Å². The molecule has 0 aliphatic carbocycles. The number of hydrogen-bond donors (Lipinski definition) is 1. The molecule has 0 amide bonds. The predicted octanol–water partition coefficient (Wildman–Crippen LogP) is 2.66. The maximum Gasteiger partial charge on any atom is 0.253 e. The van der Waals surface area contributed by atoms with Gasteiger partial charge < -0.3 is 14.3 Å². The van der Waals surface area contributed by atoms with Crippen LogP contribution < -0.4 is 4.74 Å². The van der Waals surface area contributed by atoms with Gasteiger partial charge in [0.05, 0.1) is 11.1 Å². The lowest BCUT2D eigenvalue weighted by molar-refractivity contribution is 0.199. The van der Waals surface area contributed by atoms with E-state index in [0.29, 0.717) is 22.6 Å². The van der Waals surface area contributed by atoms with Gasteiger partial charge in [-0.15, -0.1) is 10.2 Å². The van der Waals surface area contributed by atoms with Crippen LogP contribution in [0.15, 0.2) is 22.6 Å². The van der Waals surface area contributed by atoms with Crippen LogP contribution in [0.2, 0.25) is 5.02 Å². The van der Waals surface area contributed by atoms with Gasteiger partial charge in [0.25, 0.3) is 5.89 Å². The molecule has 2 aromatic rings. The summed E-state index contributed by atoms with van der Waals surface area (Å²) in [5.41, 5.74) is 0.737. The summed E-state index contributed by atoms with van der Waals surface area (Å²) in [5.74, 6) is 1.39. The lowest BCUT2D eigenvalue weighted by atomic mass is 10.1. The van der Waals surface area contributed by atoms with Crippen LogP contribution in [0.3, 0.4) is 0 Å². The highest BCUT2D eigenvalue weighted by Gasteiger charge is 2.08. The fraction of sp³-hybridized carbons (Fsp3) is 0.333. The van der Waals surface area contributed by atoms with Crippen LogP contribution in [0.4, 0.5) is 0 Å². The maximum absolute atomic E-state index is 9.42. The molecule has 0 aliphatic rings. The van der Waals surface area contributed by atoms with Gasteiger partial charge in [0.1, 0.15) is 5.75 Å². The second kappa shape index (κ2) is 5.37. The summed E-state index contributed by atoms with van der Waals surface area (Å²) in [7, 11) is 0. The number of nitrogens with zero attached hydrogens (tertiary/aromatic N) is 2. The molecular weight excluding hydrogens is 256 g/mol. The Balaban J connectivity index is 2.05. The Morgan fingerprint density at radius 1 is 1.44 bits per heavy atom. The first-order valence-corrected chi connectivity index (χ1v) is 5.83. The molecule has 1 N–H and O–H groups in total. The molecule has 1 atom stereocenters. The average Bonchev–Trinajstić information content (AvgIpc) is 2.73. The standard InChI is InChI=1S/C12H13ClN2O3/c1-7(16)9-3-4-11(10(13)5-9)17-6-12-15-14-8(2)18-12/h3-5,7,16H,6H2,1-2H3/t7-/m1/s1. The van der Waals surface area contributed by atoms with Crippen molar-refractivity contribution in [2.45, 2.75) is 26.6 Å². The molecule has 96 valence electrons. The van der Waals surface area contributed by atoms with Gasteiger partial charge in [0.2, 0.25) is 5.89 Å². The maximum atomic E-state index is 9.42. The summed E-state index contributed by atoms with van der Waals surface area (Å²) in [6, 6.07) is 5.12. The van der Waals surface area contributed by atoms with Crippen molar-refractivity contribution in [2.75, 3.05) is 0 Å². The molecule has 1 aromatic heterocycles. The zero-order valence-electron chi connectivity index (χ0n) is 10.1. The highest BCUT2D eigenvalue weighted by molar-refractivity contribution is 6.32. The van der Waals surface area contributed by atoms with Crippen LogP contribution >= 0.6 is 11.6 Å². The van der Waals surface area contributed by atoms with E-state index in [1.807, 2.05) is 0 Å². The van der Waals surface area contributed by atoms with E-state index in [0.717, 1.165) is 5.56 Å². The van der Waals surface area contributed by atoms with Crippen molar-refractivity contribution in [2.24, 2.45) is 0 Å². The van der Waals surface area contributed by atoms with Gasteiger partial charge in [-0.05, 0) is 24.6 Å². The summed E-state index contributed by atoms with van der Waals surface area (Å²) < 4.78 is 10.6. The number of hydrogen-bond acceptors (Lipinski definition) is 5.